The molecular weight excluding hydrogens is 218 g/mol. The summed E-state index contributed by atoms with van der Waals surface area (Å²) in [6.45, 7) is 0. The third-order valence-electron chi connectivity index (χ3n) is 2.35. The van der Waals surface area contributed by atoms with Gasteiger partial charge in [-0.25, -0.2) is 5.43 Å². The number of rotatable bonds is 4. The molecule has 0 saturated heterocycles. The number of nitrogens with two attached hydrogens (primary N) is 1. The van der Waals surface area contributed by atoms with E-state index in [4.69, 9.17) is 10.6 Å². The lowest BCUT2D eigenvalue weighted by Gasteiger charge is -2.15. The zero-order chi connectivity index (χ0) is 12.1. The van der Waals surface area contributed by atoms with Gasteiger partial charge < -0.3 is 4.74 Å². The molecule has 6 heteroatoms. The van der Waals surface area contributed by atoms with Gasteiger partial charge in [0.2, 0.25) is 0 Å². The van der Waals surface area contributed by atoms with Gasteiger partial charge >= 0.3 is 0 Å². The minimum absolute atomic E-state index is 0.258. The fraction of sp³-hybridized carbons (Fsp3) is 0.182. The van der Waals surface area contributed by atoms with E-state index in [-0.39, 0.29) is 6.04 Å². The molecule has 0 amide bonds. The van der Waals surface area contributed by atoms with Crippen LogP contribution in [0.1, 0.15) is 17.3 Å². The molecule has 0 fully saturated rings. The summed E-state index contributed by atoms with van der Waals surface area (Å²) in [4.78, 5) is 12.3. The van der Waals surface area contributed by atoms with E-state index in [0.29, 0.717) is 5.75 Å². The average Bonchev–Trinajstić information content (AvgIpc) is 2.41. The third-order valence-corrected chi connectivity index (χ3v) is 2.35. The van der Waals surface area contributed by atoms with Crippen LogP contribution < -0.4 is 16.0 Å². The molecule has 0 saturated carbocycles. The van der Waals surface area contributed by atoms with Crippen molar-refractivity contribution in [3.63, 3.8) is 0 Å². The maximum absolute atomic E-state index is 5.54. The van der Waals surface area contributed by atoms with Crippen molar-refractivity contribution in [1.29, 1.82) is 0 Å². The van der Waals surface area contributed by atoms with Crippen molar-refractivity contribution in [3.05, 3.63) is 48.3 Å². The molecule has 0 aliphatic heterocycles. The van der Waals surface area contributed by atoms with Crippen LogP contribution in [-0.4, -0.2) is 22.1 Å². The van der Waals surface area contributed by atoms with Gasteiger partial charge in [-0.05, 0) is 11.6 Å². The number of pyridine rings is 1. The number of ether oxygens (including phenoxy) is 1. The fourth-order valence-electron chi connectivity index (χ4n) is 1.52. The second-order valence-electron chi connectivity index (χ2n) is 3.39. The molecule has 0 spiro atoms. The minimum Gasteiger partial charge on any atom is -0.495 e. The highest BCUT2D eigenvalue weighted by Crippen LogP contribution is 2.21. The number of hydrazine groups is 1. The quantitative estimate of drug-likeness (QED) is 0.586. The largest absolute Gasteiger partial charge is 0.495 e. The van der Waals surface area contributed by atoms with E-state index in [1.165, 1.54) is 0 Å². The molecule has 2 rings (SSSR count). The van der Waals surface area contributed by atoms with Crippen LogP contribution >= 0.6 is 0 Å². The Hall–Kier alpha value is -2.05. The minimum atomic E-state index is -0.258. The van der Waals surface area contributed by atoms with Gasteiger partial charge in [-0.3, -0.25) is 20.8 Å². The monoisotopic (exact) mass is 231 g/mol. The van der Waals surface area contributed by atoms with Crippen LogP contribution in [0.15, 0.2) is 37.1 Å². The van der Waals surface area contributed by atoms with Gasteiger partial charge in [-0.15, -0.1) is 0 Å². The van der Waals surface area contributed by atoms with E-state index in [9.17, 15) is 0 Å². The molecule has 0 radical (unpaired) electrons. The van der Waals surface area contributed by atoms with E-state index >= 15 is 0 Å². The Morgan fingerprint density at radius 1 is 1.24 bits per heavy atom. The maximum atomic E-state index is 5.54. The number of methoxy groups -OCH3 is 1. The standard InChI is InChI=1S/C11H13N5O/c1-17-9-4-8(5-14-6-9)11(16-12)10-7-13-2-3-15-10/h2-7,11,16H,12H2,1H3. The van der Waals surface area contributed by atoms with Crippen molar-refractivity contribution in [2.45, 2.75) is 6.04 Å². The highest BCUT2D eigenvalue weighted by Gasteiger charge is 2.14. The van der Waals surface area contributed by atoms with E-state index in [1.807, 2.05) is 6.07 Å². The number of nitrogens with one attached hydrogen (secondary N) is 1. The van der Waals surface area contributed by atoms with E-state index in [2.05, 4.69) is 20.4 Å². The molecule has 2 aromatic heterocycles. The van der Waals surface area contributed by atoms with Gasteiger partial charge in [0.25, 0.3) is 0 Å². The van der Waals surface area contributed by atoms with E-state index < -0.39 is 0 Å². The highest BCUT2D eigenvalue weighted by atomic mass is 16.5. The van der Waals surface area contributed by atoms with Crippen molar-refractivity contribution in [2.24, 2.45) is 5.84 Å². The number of hydrogen-bond acceptors (Lipinski definition) is 6. The molecule has 1 unspecified atom stereocenters. The molecule has 88 valence electrons. The van der Waals surface area contributed by atoms with Crippen molar-refractivity contribution in [2.75, 3.05) is 7.11 Å². The lowest BCUT2D eigenvalue weighted by atomic mass is 10.1. The van der Waals surface area contributed by atoms with E-state index in [1.54, 1.807) is 38.1 Å². The van der Waals surface area contributed by atoms with Crippen molar-refractivity contribution in [3.8, 4) is 5.75 Å². The molecule has 2 heterocycles. The Balaban J connectivity index is 2.35. The Morgan fingerprint density at radius 3 is 2.76 bits per heavy atom. The normalized spacial score (nSPS) is 12.1. The molecule has 6 nitrogen and oxygen atoms in total. The smallest absolute Gasteiger partial charge is 0.137 e. The van der Waals surface area contributed by atoms with Crippen LogP contribution in [0.5, 0.6) is 5.75 Å². The van der Waals surface area contributed by atoms with Crippen LogP contribution in [0, 0.1) is 0 Å². The summed E-state index contributed by atoms with van der Waals surface area (Å²) in [5.74, 6) is 6.21. The number of nitrogens with zero attached hydrogens (tertiary/aromatic N) is 3. The SMILES string of the molecule is COc1cncc(C(NN)c2cnccn2)c1. The molecule has 0 bridgehead atoms. The van der Waals surface area contributed by atoms with Gasteiger partial charge in [0.1, 0.15) is 5.75 Å². The fourth-order valence-corrected chi connectivity index (χ4v) is 1.52. The molecule has 17 heavy (non-hydrogen) atoms. The predicted octanol–water partition coefficient (Wildman–Crippen LogP) is 0.433. The van der Waals surface area contributed by atoms with Crippen LogP contribution in [-0.2, 0) is 0 Å². The second kappa shape index (κ2) is 5.33. The van der Waals surface area contributed by atoms with Gasteiger partial charge in [0.15, 0.2) is 0 Å². The Bertz CT molecular complexity index is 476. The molecule has 3 N–H and O–H groups in total. The third kappa shape index (κ3) is 2.55. The predicted molar refractivity (Wildman–Crippen MR) is 62.0 cm³/mol. The summed E-state index contributed by atoms with van der Waals surface area (Å²) in [5.41, 5.74) is 4.28. The average molecular weight is 231 g/mol. The first-order chi connectivity index (χ1) is 8.35. The first-order valence-electron chi connectivity index (χ1n) is 5.06. The lowest BCUT2D eigenvalue weighted by Crippen LogP contribution is -2.29. The van der Waals surface area contributed by atoms with Crippen LogP contribution in [0.2, 0.25) is 0 Å². The zero-order valence-electron chi connectivity index (χ0n) is 9.37. The Morgan fingerprint density at radius 2 is 2.12 bits per heavy atom. The molecule has 0 aromatic carbocycles. The van der Waals surface area contributed by atoms with Gasteiger partial charge in [0.05, 0.1) is 31.2 Å². The van der Waals surface area contributed by atoms with Crippen molar-refractivity contribution in [1.82, 2.24) is 20.4 Å². The molecule has 0 aliphatic rings. The first-order valence-corrected chi connectivity index (χ1v) is 5.06. The maximum Gasteiger partial charge on any atom is 0.137 e. The lowest BCUT2D eigenvalue weighted by molar-refractivity contribution is 0.411. The Labute approximate surface area is 98.9 Å². The molecular formula is C11H13N5O. The second-order valence-corrected chi connectivity index (χ2v) is 3.39. The number of aromatic nitrogens is 3. The molecule has 2 aromatic rings. The van der Waals surface area contributed by atoms with Crippen LogP contribution in [0.3, 0.4) is 0 Å². The van der Waals surface area contributed by atoms with Crippen LogP contribution in [0.4, 0.5) is 0 Å². The topological polar surface area (TPSA) is 86.0 Å². The van der Waals surface area contributed by atoms with Crippen molar-refractivity contribution < 1.29 is 4.74 Å². The summed E-state index contributed by atoms with van der Waals surface area (Å²) >= 11 is 0. The van der Waals surface area contributed by atoms with Crippen molar-refractivity contribution >= 4 is 0 Å². The molecule has 0 aliphatic carbocycles. The van der Waals surface area contributed by atoms with E-state index in [0.717, 1.165) is 11.3 Å². The van der Waals surface area contributed by atoms with Gasteiger partial charge in [-0.2, -0.15) is 0 Å². The number of hydrogen-bond donors (Lipinski definition) is 2. The summed E-state index contributed by atoms with van der Waals surface area (Å²) in [6, 6.07) is 1.60. The summed E-state index contributed by atoms with van der Waals surface area (Å²) in [7, 11) is 1.59. The summed E-state index contributed by atoms with van der Waals surface area (Å²) in [6.07, 6.45) is 8.23. The highest BCUT2D eigenvalue weighted by molar-refractivity contribution is 5.30. The summed E-state index contributed by atoms with van der Waals surface area (Å²) in [5, 5.41) is 0. The molecule has 1 atom stereocenters. The Kier molecular flexibility index (Phi) is 3.59. The van der Waals surface area contributed by atoms with Crippen LogP contribution in [0.25, 0.3) is 0 Å². The zero-order valence-corrected chi connectivity index (χ0v) is 9.37. The first kappa shape index (κ1) is 11.4. The van der Waals surface area contributed by atoms with Gasteiger partial charge in [-0.1, -0.05) is 0 Å². The van der Waals surface area contributed by atoms with Gasteiger partial charge in [0, 0.05) is 18.6 Å². The summed E-state index contributed by atoms with van der Waals surface area (Å²) < 4.78 is 5.12.